The lowest BCUT2D eigenvalue weighted by molar-refractivity contribution is -0.792. The first kappa shape index (κ1) is 103. The number of ketones is 2. The molecule has 26 heteroatoms. The molecular weight excluding hydrogens is 1540 g/mol. The number of terminal acetylenes is 1. The van der Waals surface area contributed by atoms with Crippen LogP contribution < -0.4 is 5.64 Å². The van der Waals surface area contributed by atoms with E-state index in [1.165, 1.54) is 24.8 Å². The molecule has 14 atom stereocenters. The van der Waals surface area contributed by atoms with Gasteiger partial charge in [-0.3, -0.25) is 14.4 Å². The first-order valence-corrected chi connectivity index (χ1v) is 36.3. The Morgan fingerprint density at radius 1 is 0.567 bits per heavy atom. The van der Waals surface area contributed by atoms with Crippen LogP contribution in [0.15, 0.2) is 35.5 Å². The maximum Gasteiger partial charge on any atom is 0.329 e. The fourth-order valence-corrected chi connectivity index (χ4v) is 11.3. The number of ether oxygens (including phenoxy) is 5. The van der Waals surface area contributed by atoms with E-state index in [-0.39, 0.29) is 99.5 Å². The minimum Gasteiger partial charge on any atom is -0.456 e. The highest BCUT2D eigenvalue weighted by molar-refractivity contribution is 6.39. The first-order chi connectivity index (χ1) is 58.3. The van der Waals surface area contributed by atoms with Crippen LogP contribution in [0.4, 0.5) is 0 Å². The molecule has 1 aliphatic carbocycles. The van der Waals surface area contributed by atoms with Gasteiger partial charge in [-0.2, -0.15) is 0 Å². The molecule has 0 aromatic heterocycles. The van der Waals surface area contributed by atoms with E-state index in [1.807, 2.05) is 32.1 Å². The molecule has 0 aromatic carbocycles. The summed E-state index contributed by atoms with van der Waals surface area (Å²) >= 11 is 0. The summed E-state index contributed by atoms with van der Waals surface area (Å²) in [5.41, 5.74) is 3.02. The zero-order chi connectivity index (χ0) is 87.9. The van der Waals surface area contributed by atoms with Crippen molar-refractivity contribution in [3.63, 3.8) is 0 Å². The molecule has 4 aliphatic rings. The van der Waals surface area contributed by atoms with Crippen LogP contribution >= 0.6 is 0 Å². The van der Waals surface area contributed by atoms with E-state index in [0.29, 0.717) is 56.9 Å². The van der Waals surface area contributed by atoms with Crippen molar-refractivity contribution in [2.45, 2.75) is 186 Å². The standard InChI is InChI=1S/C47H75NO12.C47H4.H3NO12.35H2/c1-10-11-12-13-16-34-22-28(2)21-29(3)23-40(57-8)43-41(58-9)25-31(5)47(55,60-43)44(52)45(53)48-20-15-14-17-35(48)46(54)59-42(32(6)37(50)27-38(34)51)30(4)24-33-18-19-36(49)39(26-33)56-7;1-3-5-7-9-11-13-15-17-19-21-23-25-27-29-31-33-35-37-39-41-43-45-47-46-44-42-40-38-36-34-32-30-28-26-24-22-20-18-16-14-12-10-8-6-4-2;2-6-10-12-8-4-1-5-9-13-11-7-3;;;;;;;;;;;;;;;;;;;;;;;;;;;;;;;;;;;/h12-13,22,24,29,31-37,39-43,49-50,55H,10-11,14-21,23,25-27H2,1-9H3;1H,2H3;1-3H;35*1H/b13-12+,28-22+,30-24+;;;;;;;;;;;;;;;;;;;;;;;;;;;;;;;;;;;;;/t29-,31+,32+,33-,34+,35-,36+,37-,39+,40-,41-,42+,43+,47+;;;;;;;;;;;;;;;;;;;;;;;;;;;;;;;;;;;;;/m0...................................../s1. The van der Waals surface area contributed by atoms with Crippen LogP contribution in [0.25, 0.3) is 0 Å². The molecule has 0 spiro atoms. The van der Waals surface area contributed by atoms with Gasteiger partial charge >= 0.3 is 5.97 Å². The van der Waals surface area contributed by atoms with E-state index in [9.17, 15) is 34.5 Å². The predicted octanol–water partition coefficient (Wildman–Crippen LogP) is 14.0. The summed E-state index contributed by atoms with van der Waals surface area (Å²) < 4.78 is 29.9. The molecule has 3 fully saturated rings. The fourth-order valence-electron chi connectivity index (χ4n) is 11.3. The molecule has 1 amide bonds. The second-order valence-corrected chi connectivity index (χ2v) is 24.8. The number of unbranched alkanes of at least 4 members (excludes halogenated alkanes) is 1. The van der Waals surface area contributed by atoms with Crippen molar-refractivity contribution in [3.05, 3.63) is 35.5 Å². The Labute approximate surface area is 753 Å². The Bertz CT molecular complexity index is 5320. The van der Waals surface area contributed by atoms with Crippen molar-refractivity contribution in [1.82, 2.24) is 10.5 Å². The van der Waals surface area contributed by atoms with Crippen LogP contribution in [0.2, 0.25) is 0 Å². The number of Topliss-reactive ketones (excluding diaryl/α,β-unsaturated/α-hetero) is 2. The van der Waals surface area contributed by atoms with Crippen LogP contribution in [-0.4, -0.2) is 137 Å². The lowest BCUT2D eigenvalue weighted by Gasteiger charge is -2.47. The molecule has 2 bridgehead atoms. The van der Waals surface area contributed by atoms with Gasteiger partial charge in [0, 0.05) is 268 Å². The average molecular weight is 1690 g/mol. The molecule has 26 nitrogen and oxygen atoms in total. The Kier molecular flexibility index (Phi) is 57.1. The molecule has 2 saturated heterocycles. The monoisotopic (exact) mass is 1690 g/mol. The number of rotatable bonds is 19. The fraction of sp³-hybridized carbons (Fsp3) is 0.404. The molecule has 1 saturated carbocycles. The van der Waals surface area contributed by atoms with Gasteiger partial charge in [0.25, 0.3) is 11.7 Å². The van der Waals surface area contributed by atoms with E-state index in [2.05, 4.69) is 337 Å². The number of hydrogen-bond donors (Lipinski definition) is 6. The van der Waals surface area contributed by atoms with Gasteiger partial charge in [-0.05, 0) is 249 Å². The largest absolute Gasteiger partial charge is 0.456 e. The highest BCUT2D eigenvalue weighted by Crippen LogP contribution is 2.39. The van der Waals surface area contributed by atoms with E-state index >= 15 is 0 Å². The van der Waals surface area contributed by atoms with Gasteiger partial charge < -0.3 is 43.9 Å². The molecule has 0 radical (unpaired) electrons. The lowest BCUT2D eigenvalue weighted by Crippen LogP contribution is -2.64. The van der Waals surface area contributed by atoms with Crippen molar-refractivity contribution in [1.29, 1.82) is 0 Å². The van der Waals surface area contributed by atoms with Crippen molar-refractivity contribution in [2.75, 3.05) is 27.9 Å². The number of nitrogens with one attached hydrogen (secondary N) is 1. The number of nitrogens with zero attached hydrogens (tertiary/aromatic N) is 1. The summed E-state index contributed by atoms with van der Waals surface area (Å²) in [4.78, 5) is 65.6. The first-order valence-electron chi connectivity index (χ1n) is 36.3. The molecular formula is C94H152N2O24. The van der Waals surface area contributed by atoms with Gasteiger partial charge in [0.05, 0.1) is 30.5 Å². The summed E-state index contributed by atoms with van der Waals surface area (Å²) in [5.74, 6) is 104. The van der Waals surface area contributed by atoms with Gasteiger partial charge in [0.1, 0.15) is 24.0 Å². The summed E-state index contributed by atoms with van der Waals surface area (Å²) in [7, 11) is 4.64. The Morgan fingerprint density at radius 3 is 1.42 bits per heavy atom. The van der Waals surface area contributed by atoms with Crippen LogP contribution in [0.1, 0.15) is 182 Å². The van der Waals surface area contributed by atoms with Gasteiger partial charge in [-0.15, -0.1) is 6.42 Å². The van der Waals surface area contributed by atoms with Crippen molar-refractivity contribution in [3.8, 4) is 273 Å². The van der Waals surface area contributed by atoms with Crippen LogP contribution in [-0.2, 0) is 93.1 Å². The van der Waals surface area contributed by atoms with Gasteiger partial charge in [-0.25, -0.2) is 15.3 Å². The third-order valence-corrected chi connectivity index (χ3v) is 16.6. The average Bonchev–Trinajstić information content (AvgIpc) is 0.836. The maximum absolute atomic E-state index is 14.4. The minimum absolute atomic E-state index is 0. The van der Waals surface area contributed by atoms with Crippen LogP contribution in [0.5, 0.6) is 0 Å². The molecule has 120 heavy (non-hydrogen) atoms. The molecule has 3 aliphatic heterocycles. The number of hydrogen-bond acceptors (Lipinski definition) is 25. The summed E-state index contributed by atoms with van der Waals surface area (Å²) in [6, 6.07) is -1.14. The number of carbonyl (C=O) groups excluding carboxylic acids is 4. The molecule has 0 aromatic rings. The quantitative estimate of drug-likeness (QED) is 0.0133. The number of esters is 1. The van der Waals surface area contributed by atoms with Crippen molar-refractivity contribution < 1.29 is 169 Å². The number of piperidine rings is 1. The van der Waals surface area contributed by atoms with E-state index in [1.54, 1.807) is 27.9 Å². The SMILES string of the molecule is C#CC#CC#CC#CC#CC#CC#CC#CC#CC#CC#CC#CC#CC#CC#CC#CC#CC#CC#CC#CC#CC#CC#CC.CCC/C=C/C[C@@H]1/C=C(\C)C[C@H](C)C[C@H](OC)[C@H]2O[C@@](O)(C(=O)C(=O)N3CCCC[C@H]3C(=O)O[C@H](/C(C)=C/[C@@H]3CC[C@@H](O)[C@H](OC)C3)[C@H](C)[C@@H](O)CC1=O)[C@H](C)C[C@@H]2OC.OOOOOONOOOOOO.[HH].[HH].[HH].[HH].[HH].[HH].[HH].[HH].[HH].[HH].[HH].[HH].[HH].[HH].[HH].[HH].[HH].[HH].[HH].[HH].[HH].[HH].[HH].[HH].[HH].[HH].[HH].[HH].[HH].[HH].[HH].[HH].[HH].[HH].[HH]. The molecule has 6 N–H and O–H groups in total. The van der Waals surface area contributed by atoms with Crippen molar-refractivity contribution in [2.24, 2.45) is 29.6 Å². The summed E-state index contributed by atoms with van der Waals surface area (Å²) in [6.07, 6.45) is 14.4. The number of carbonyl (C=O) groups is 4. The third kappa shape index (κ3) is 45.2. The highest BCUT2D eigenvalue weighted by atomic mass is 17.9. The second-order valence-electron chi connectivity index (χ2n) is 24.8. The van der Waals surface area contributed by atoms with Gasteiger partial charge in [0.2, 0.25) is 5.79 Å². The van der Waals surface area contributed by atoms with Crippen molar-refractivity contribution >= 4 is 23.4 Å². The van der Waals surface area contributed by atoms with Crippen LogP contribution in [0, 0.1) is 302 Å². The number of fused-ring (bicyclic) bond motifs is 3. The maximum atomic E-state index is 14.4. The Balaban J connectivity index is -0.0000000444. The zero-order valence-electron chi connectivity index (χ0n) is 67.2. The van der Waals surface area contributed by atoms with E-state index in [4.69, 9.17) is 40.6 Å². The topological polar surface area (TPSA) is 323 Å². The van der Waals surface area contributed by atoms with Crippen LogP contribution in [0.3, 0.4) is 0 Å². The third-order valence-electron chi connectivity index (χ3n) is 16.6. The van der Waals surface area contributed by atoms with E-state index in [0.717, 1.165) is 18.4 Å². The lowest BCUT2D eigenvalue weighted by atomic mass is 9.81. The molecule has 682 valence electrons. The smallest absolute Gasteiger partial charge is 0.329 e. The zero-order valence-corrected chi connectivity index (χ0v) is 67.2. The predicted molar refractivity (Wildman–Crippen MR) is 505 cm³/mol. The number of cyclic esters (lactones) is 1. The van der Waals surface area contributed by atoms with Gasteiger partial charge in [-0.1, -0.05) is 79.9 Å². The summed E-state index contributed by atoms with van der Waals surface area (Å²) in [6.45, 7) is 13.1. The number of aliphatic hydroxyl groups excluding tert-OH is 2. The Hall–Kier alpha value is -13.4. The molecule has 3 heterocycles. The normalized spacial score (nSPS) is 22.6. The molecule has 0 unspecified atom stereocenters. The minimum atomic E-state index is -2.51. The van der Waals surface area contributed by atoms with E-state index < -0.39 is 83.9 Å². The summed E-state index contributed by atoms with van der Waals surface area (Å²) in [5, 5.41) is 75.2. The number of methoxy groups -OCH3 is 3. The molecule has 4 rings (SSSR count). The highest BCUT2D eigenvalue weighted by Gasteiger charge is 2.57. The number of amides is 1. The Morgan fingerprint density at radius 2 is 1.00 bits per heavy atom. The number of aliphatic hydroxyl groups is 3. The van der Waals surface area contributed by atoms with Gasteiger partial charge in [0.15, 0.2) is 0 Å². The number of allylic oxidation sites excluding steroid dienone is 5. The second kappa shape index (κ2) is 66.7.